The second-order valence-electron chi connectivity index (χ2n) is 7.77. The summed E-state index contributed by atoms with van der Waals surface area (Å²) >= 11 is 0. The predicted molar refractivity (Wildman–Crippen MR) is 105 cm³/mol. The average Bonchev–Trinajstić information content (AvgIpc) is 2.71. The minimum atomic E-state index is -0.458. The number of carbonyl (C=O) groups is 1. The van der Waals surface area contributed by atoms with Gasteiger partial charge in [0.1, 0.15) is 0 Å². The lowest BCUT2D eigenvalue weighted by molar-refractivity contribution is -0.121. The minimum Gasteiger partial charge on any atom is -0.481 e. The lowest BCUT2D eigenvalue weighted by Gasteiger charge is -2.46. The van der Waals surface area contributed by atoms with E-state index in [1.807, 2.05) is 32.1 Å². The summed E-state index contributed by atoms with van der Waals surface area (Å²) in [5.41, 5.74) is 3.60. The summed E-state index contributed by atoms with van der Waals surface area (Å²) in [5.74, 6) is 1.01. The SMILES string of the molecule is [C-]#[N+]C1=C[C@@]2(C)c3nc(-c4ccnc(OC)c4)nc(C)c3CC[C@@H]2[C@@H](C)C1=O. The maximum Gasteiger partial charge on any atom is 0.226 e. The fourth-order valence-corrected chi connectivity index (χ4v) is 4.71. The molecule has 4 rings (SSSR count). The van der Waals surface area contributed by atoms with Gasteiger partial charge in [0, 0.05) is 34.9 Å². The Hall–Kier alpha value is -3.07. The molecular formula is C22H22N4O2. The lowest BCUT2D eigenvalue weighted by Crippen LogP contribution is -2.46. The third kappa shape index (κ3) is 2.62. The van der Waals surface area contributed by atoms with Crippen LogP contribution in [0.25, 0.3) is 16.2 Å². The van der Waals surface area contributed by atoms with Gasteiger partial charge in [-0.25, -0.2) is 19.8 Å². The van der Waals surface area contributed by atoms with Crippen molar-refractivity contribution in [1.29, 1.82) is 0 Å². The van der Waals surface area contributed by atoms with E-state index in [1.54, 1.807) is 13.3 Å². The van der Waals surface area contributed by atoms with Crippen LogP contribution in [0.5, 0.6) is 5.88 Å². The largest absolute Gasteiger partial charge is 0.481 e. The van der Waals surface area contributed by atoms with Crippen LogP contribution in [0, 0.1) is 25.3 Å². The molecule has 2 aliphatic carbocycles. The zero-order valence-corrected chi connectivity index (χ0v) is 16.5. The van der Waals surface area contributed by atoms with E-state index in [-0.39, 0.29) is 23.3 Å². The molecule has 142 valence electrons. The van der Waals surface area contributed by atoms with E-state index in [4.69, 9.17) is 21.3 Å². The summed E-state index contributed by atoms with van der Waals surface area (Å²) in [6, 6.07) is 3.68. The highest BCUT2D eigenvalue weighted by molar-refractivity contribution is 6.00. The first-order valence-corrected chi connectivity index (χ1v) is 9.42. The number of hydrogen-bond donors (Lipinski definition) is 0. The topological polar surface area (TPSA) is 69.3 Å². The van der Waals surface area contributed by atoms with Gasteiger partial charge in [0.05, 0.1) is 19.4 Å². The van der Waals surface area contributed by atoms with Crippen LogP contribution in [0.2, 0.25) is 0 Å². The normalized spacial score (nSPS) is 26.0. The molecule has 2 aromatic heterocycles. The van der Waals surface area contributed by atoms with Gasteiger partial charge in [-0.15, -0.1) is 0 Å². The van der Waals surface area contributed by atoms with Crippen LogP contribution in [-0.2, 0) is 16.6 Å². The Bertz CT molecular complexity index is 1050. The van der Waals surface area contributed by atoms with Crippen molar-refractivity contribution in [1.82, 2.24) is 15.0 Å². The van der Waals surface area contributed by atoms with E-state index in [2.05, 4.69) is 16.8 Å². The number of fused-ring (bicyclic) bond motifs is 3. The average molecular weight is 374 g/mol. The molecule has 28 heavy (non-hydrogen) atoms. The molecule has 0 saturated heterocycles. The summed E-state index contributed by atoms with van der Waals surface area (Å²) in [6.07, 6.45) is 5.26. The van der Waals surface area contributed by atoms with Gasteiger partial charge in [0.15, 0.2) is 11.6 Å². The molecule has 2 aromatic rings. The molecule has 0 aliphatic heterocycles. The van der Waals surface area contributed by atoms with Gasteiger partial charge in [0.25, 0.3) is 0 Å². The van der Waals surface area contributed by atoms with E-state index >= 15 is 0 Å². The molecule has 0 amide bonds. The van der Waals surface area contributed by atoms with Crippen molar-refractivity contribution < 1.29 is 9.53 Å². The number of ketones is 1. The first-order valence-electron chi connectivity index (χ1n) is 9.42. The molecule has 0 unspecified atom stereocenters. The molecule has 0 N–H and O–H groups in total. The molecule has 0 spiro atoms. The van der Waals surface area contributed by atoms with E-state index < -0.39 is 5.41 Å². The quantitative estimate of drug-likeness (QED) is 0.750. The van der Waals surface area contributed by atoms with Crippen molar-refractivity contribution in [2.45, 2.75) is 39.0 Å². The number of aryl methyl sites for hydroxylation is 1. The summed E-state index contributed by atoms with van der Waals surface area (Å²) < 4.78 is 5.23. The summed E-state index contributed by atoms with van der Waals surface area (Å²) in [4.78, 5) is 29.9. The molecule has 6 heteroatoms. The molecule has 0 fully saturated rings. The fraction of sp³-hybridized carbons (Fsp3) is 0.409. The fourth-order valence-electron chi connectivity index (χ4n) is 4.71. The van der Waals surface area contributed by atoms with E-state index in [0.717, 1.165) is 35.4 Å². The Morgan fingerprint density at radius 3 is 2.86 bits per heavy atom. The number of rotatable bonds is 2. The number of aromatic nitrogens is 3. The molecule has 6 nitrogen and oxygen atoms in total. The molecule has 0 bridgehead atoms. The molecular weight excluding hydrogens is 352 g/mol. The number of carbonyl (C=O) groups excluding carboxylic acids is 1. The predicted octanol–water partition coefficient (Wildman–Crippen LogP) is 3.70. The molecule has 3 atom stereocenters. The van der Waals surface area contributed by atoms with E-state index in [9.17, 15) is 4.79 Å². The van der Waals surface area contributed by atoms with Crippen LogP contribution in [0.15, 0.2) is 30.1 Å². The summed E-state index contributed by atoms with van der Waals surface area (Å²) in [5, 5.41) is 0. The second kappa shape index (κ2) is 6.52. The monoisotopic (exact) mass is 374 g/mol. The van der Waals surface area contributed by atoms with Gasteiger partial charge in [-0.2, -0.15) is 0 Å². The van der Waals surface area contributed by atoms with Crippen LogP contribution in [0.4, 0.5) is 0 Å². The molecule has 2 aliphatic rings. The highest BCUT2D eigenvalue weighted by Crippen LogP contribution is 2.50. The number of hydrogen-bond acceptors (Lipinski definition) is 5. The second-order valence-corrected chi connectivity index (χ2v) is 7.77. The van der Waals surface area contributed by atoms with Crippen LogP contribution >= 0.6 is 0 Å². The Kier molecular flexibility index (Phi) is 4.26. The Balaban J connectivity index is 1.93. The van der Waals surface area contributed by atoms with Gasteiger partial charge in [-0.1, -0.05) is 19.9 Å². The number of allylic oxidation sites excluding steroid dienone is 2. The van der Waals surface area contributed by atoms with E-state index in [1.165, 1.54) is 0 Å². The van der Waals surface area contributed by atoms with Crippen molar-refractivity contribution in [3.63, 3.8) is 0 Å². The van der Waals surface area contributed by atoms with Crippen molar-refractivity contribution in [2.24, 2.45) is 11.8 Å². The van der Waals surface area contributed by atoms with E-state index in [0.29, 0.717) is 11.7 Å². The van der Waals surface area contributed by atoms with Crippen LogP contribution < -0.4 is 4.74 Å². The smallest absolute Gasteiger partial charge is 0.226 e. The van der Waals surface area contributed by atoms with Gasteiger partial charge in [-0.3, -0.25) is 0 Å². The van der Waals surface area contributed by atoms with Crippen molar-refractivity contribution >= 4 is 5.78 Å². The number of ether oxygens (including phenoxy) is 1. The van der Waals surface area contributed by atoms with Crippen molar-refractivity contribution in [3.05, 3.63) is 58.5 Å². The van der Waals surface area contributed by atoms with Gasteiger partial charge in [-0.05, 0) is 37.3 Å². The minimum absolute atomic E-state index is 0.0502. The molecule has 0 radical (unpaired) electrons. The lowest BCUT2D eigenvalue weighted by atomic mass is 9.58. The van der Waals surface area contributed by atoms with Crippen LogP contribution in [0.1, 0.15) is 37.2 Å². The summed E-state index contributed by atoms with van der Waals surface area (Å²) in [7, 11) is 1.58. The Labute approximate surface area is 164 Å². The first kappa shape index (κ1) is 18.3. The highest BCUT2D eigenvalue weighted by Gasteiger charge is 2.49. The van der Waals surface area contributed by atoms with Crippen LogP contribution in [0.3, 0.4) is 0 Å². The Morgan fingerprint density at radius 1 is 1.36 bits per heavy atom. The molecule has 0 saturated carbocycles. The third-order valence-corrected chi connectivity index (χ3v) is 6.23. The van der Waals surface area contributed by atoms with Gasteiger partial charge in [0.2, 0.25) is 11.6 Å². The zero-order chi connectivity index (χ0) is 20.1. The van der Waals surface area contributed by atoms with Crippen molar-refractivity contribution in [2.75, 3.05) is 7.11 Å². The highest BCUT2D eigenvalue weighted by atomic mass is 16.5. The maximum atomic E-state index is 12.6. The number of nitrogens with zero attached hydrogens (tertiary/aromatic N) is 4. The number of methoxy groups -OCH3 is 1. The molecule has 0 aromatic carbocycles. The third-order valence-electron chi connectivity index (χ3n) is 6.23. The number of pyridine rings is 1. The van der Waals surface area contributed by atoms with Gasteiger partial charge >= 0.3 is 0 Å². The van der Waals surface area contributed by atoms with Crippen molar-refractivity contribution in [3.8, 4) is 17.3 Å². The van der Waals surface area contributed by atoms with Crippen LogP contribution in [-0.4, -0.2) is 27.8 Å². The first-order chi connectivity index (χ1) is 13.4. The molecule has 2 heterocycles. The van der Waals surface area contributed by atoms with Gasteiger partial charge < -0.3 is 9.53 Å². The standard InChI is InChI=1S/C22H22N4O2/c1-12-16-7-6-15-13(2)25-21(14-8-9-24-18(10-14)28-5)26-20(15)22(16,3)11-17(23-4)19(12)27/h8-12,16H,6-7H2,1-3,5H3/t12-,16-,22-/m1/s1. The maximum absolute atomic E-state index is 12.6. The summed E-state index contributed by atoms with van der Waals surface area (Å²) in [6.45, 7) is 13.5. The Morgan fingerprint density at radius 2 is 2.14 bits per heavy atom. The zero-order valence-electron chi connectivity index (χ0n) is 16.5. The number of Topliss-reactive ketones (excluding diaryl/α,β-unsaturated/α-hetero) is 1.